The van der Waals surface area contributed by atoms with Crippen LogP contribution < -0.4 is 15.4 Å². The number of aryl methyl sites for hydroxylation is 1. The van der Waals surface area contributed by atoms with Gasteiger partial charge in [0.15, 0.2) is 0 Å². The van der Waals surface area contributed by atoms with Gasteiger partial charge in [-0.25, -0.2) is 9.97 Å². The van der Waals surface area contributed by atoms with Crippen LogP contribution in [-0.4, -0.2) is 45.4 Å². The Bertz CT molecular complexity index is 1350. The Morgan fingerprint density at radius 2 is 2.12 bits per heavy atom. The van der Waals surface area contributed by atoms with Gasteiger partial charge in [0.05, 0.1) is 42.8 Å². The zero-order chi connectivity index (χ0) is 22.4. The number of aromatic nitrogens is 4. The highest BCUT2D eigenvalue weighted by atomic mass is 32.2. The van der Waals surface area contributed by atoms with Crippen LogP contribution in [-0.2, 0) is 11.8 Å². The number of nitrogens with one attached hydrogen (secondary N) is 2. The second-order valence-electron chi connectivity index (χ2n) is 8.89. The molecule has 33 heavy (non-hydrogen) atoms. The number of ether oxygens (including phenoxy) is 2. The molecule has 2 aliphatic heterocycles. The van der Waals surface area contributed by atoms with Crippen molar-refractivity contribution in [2.24, 2.45) is 12.5 Å². The van der Waals surface area contributed by atoms with Crippen LogP contribution in [0.3, 0.4) is 0 Å². The van der Waals surface area contributed by atoms with Crippen molar-refractivity contribution >= 4 is 39.9 Å². The lowest BCUT2D eigenvalue weighted by Crippen LogP contribution is -2.44. The lowest BCUT2D eigenvalue weighted by Gasteiger charge is -2.37. The summed E-state index contributed by atoms with van der Waals surface area (Å²) in [6.07, 6.45) is 5.43. The Hall–Kier alpha value is -3.30. The number of nitrogens with zero attached hydrogens (tertiary/aromatic N) is 4. The van der Waals surface area contributed by atoms with Crippen LogP contribution in [0, 0.1) is 5.41 Å². The Labute approximate surface area is 195 Å². The first-order chi connectivity index (χ1) is 16.1. The van der Waals surface area contributed by atoms with Gasteiger partial charge in [0.1, 0.15) is 17.9 Å². The van der Waals surface area contributed by atoms with E-state index in [-0.39, 0.29) is 5.41 Å². The first-order valence-electron chi connectivity index (χ1n) is 10.8. The summed E-state index contributed by atoms with van der Waals surface area (Å²) in [7, 11) is 1.91. The van der Waals surface area contributed by atoms with E-state index in [1.807, 2.05) is 19.4 Å². The van der Waals surface area contributed by atoms with Crippen molar-refractivity contribution in [1.82, 2.24) is 19.7 Å². The monoisotopic (exact) mass is 460 g/mol. The van der Waals surface area contributed by atoms with Crippen molar-refractivity contribution in [3.05, 3.63) is 49.1 Å². The van der Waals surface area contributed by atoms with E-state index in [9.17, 15) is 0 Å². The molecule has 0 bridgehead atoms. The average Bonchev–Trinajstić information content (AvgIpc) is 3.44. The molecule has 2 aliphatic rings. The van der Waals surface area contributed by atoms with Gasteiger partial charge in [0.2, 0.25) is 0 Å². The van der Waals surface area contributed by atoms with Crippen molar-refractivity contribution in [3.63, 3.8) is 0 Å². The molecule has 0 amide bonds. The zero-order valence-electron chi connectivity index (χ0n) is 18.5. The van der Waals surface area contributed by atoms with E-state index < -0.39 is 0 Å². The minimum absolute atomic E-state index is 0.0179. The van der Waals surface area contributed by atoms with Gasteiger partial charge in [-0.1, -0.05) is 6.92 Å². The molecule has 2 N–H and O–H groups in total. The van der Waals surface area contributed by atoms with Gasteiger partial charge in [-0.2, -0.15) is 5.10 Å². The zero-order valence-corrected chi connectivity index (χ0v) is 19.3. The van der Waals surface area contributed by atoms with Crippen molar-refractivity contribution in [2.45, 2.75) is 11.8 Å². The third-order valence-corrected chi connectivity index (χ3v) is 6.89. The van der Waals surface area contributed by atoms with Gasteiger partial charge < -0.3 is 20.1 Å². The maximum absolute atomic E-state index is 6.41. The molecule has 1 saturated heterocycles. The highest BCUT2D eigenvalue weighted by molar-refractivity contribution is 7.99. The molecule has 168 valence electrons. The largest absolute Gasteiger partial charge is 0.492 e. The Morgan fingerprint density at radius 3 is 2.91 bits per heavy atom. The third-order valence-electron chi connectivity index (χ3n) is 5.95. The molecule has 4 heterocycles. The lowest BCUT2D eigenvalue weighted by atomic mass is 9.90. The van der Waals surface area contributed by atoms with Crippen LogP contribution in [0.5, 0.6) is 5.75 Å². The number of hydrogen-bond donors (Lipinski definition) is 2. The summed E-state index contributed by atoms with van der Waals surface area (Å²) in [6.45, 7) is 4.15. The molecule has 0 saturated carbocycles. The van der Waals surface area contributed by atoms with Gasteiger partial charge >= 0.3 is 0 Å². The normalized spacial score (nSPS) is 16.2. The summed E-state index contributed by atoms with van der Waals surface area (Å²) in [5, 5.41) is 12.0. The topological polar surface area (TPSA) is 86.1 Å². The SMILES string of the molecule is Cn1cc(-c2cc(OCC3(C)COC3)c3c(Nc4ccc5c(c4)SCN5)ncnc3c2)cn1. The Kier molecular flexibility index (Phi) is 4.88. The van der Waals surface area contributed by atoms with Crippen LogP contribution in [0.4, 0.5) is 17.2 Å². The van der Waals surface area contributed by atoms with Crippen molar-refractivity contribution in [2.75, 3.05) is 36.3 Å². The Morgan fingerprint density at radius 1 is 1.21 bits per heavy atom. The van der Waals surface area contributed by atoms with E-state index in [1.165, 1.54) is 10.6 Å². The molecule has 9 heteroatoms. The predicted molar refractivity (Wildman–Crippen MR) is 130 cm³/mol. The highest BCUT2D eigenvalue weighted by Gasteiger charge is 2.34. The highest BCUT2D eigenvalue weighted by Crippen LogP contribution is 2.39. The quantitative estimate of drug-likeness (QED) is 0.430. The van der Waals surface area contributed by atoms with E-state index in [1.54, 1.807) is 22.8 Å². The molecule has 6 rings (SSSR count). The lowest BCUT2D eigenvalue weighted by molar-refractivity contribution is -0.120. The summed E-state index contributed by atoms with van der Waals surface area (Å²) in [5.41, 5.74) is 5.00. The molecule has 0 atom stereocenters. The number of fused-ring (bicyclic) bond motifs is 2. The van der Waals surface area contributed by atoms with Crippen molar-refractivity contribution in [3.8, 4) is 16.9 Å². The maximum atomic E-state index is 6.41. The molecular weight excluding hydrogens is 436 g/mol. The fourth-order valence-corrected chi connectivity index (χ4v) is 4.97. The molecular formula is C24H24N6O2S. The van der Waals surface area contributed by atoms with Crippen LogP contribution in [0.25, 0.3) is 22.0 Å². The van der Waals surface area contributed by atoms with Gasteiger partial charge in [0, 0.05) is 40.5 Å². The predicted octanol–water partition coefficient (Wildman–Crippen LogP) is 4.66. The maximum Gasteiger partial charge on any atom is 0.145 e. The molecule has 0 aliphatic carbocycles. The summed E-state index contributed by atoms with van der Waals surface area (Å²) in [6, 6.07) is 10.4. The first-order valence-corrected chi connectivity index (χ1v) is 11.8. The molecule has 0 radical (unpaired) electrons. The fourth-order valence-electron chi connectivity index (χ4n) is 4.08. The van der Waals surface area contributed by atoms with E-state index in [0.29, 0.717) is 19.8 Å². The summed E-state index contributed by atoms with van der Waals surface area (Å²) >= 11 is 1.79. The van der Waals surface area contributed by atoms with Gasteiger partial charge in [-0.05, 0) is 35.9 Å². The summed E-state index contributed by atoms with van der Waals surface area (Å²) in [4.78, 5) is 10.4. The molecule has 4 aromatic rings. The van der Waals surface area contributed by atoms with Gasteiger partial charge in [-0.15, -0.1) is 11.8 Å². The third kappa shape index (κ3) is 3.87. The van der Waals surface area contributed by atoms with Crippen molar-refractivity contribution in [1.29, 1.82) is 0 Å². The fraction of sp³-hybridized carbons (Fsp3) is 0.292. The van der Waals surface area contributed by atoms with Crippen LogP contribution in [0.2, 0.25) is 0 Å². The Balaban J connectivity index is 1.42. The molecule has 8 nitrogen and oxygen atoms in total. The average molecular weight is 461 g/mol. The number of rotatable bonds is 6. The first kappa shape index (κ1) is 20.3. The molecule has 0 unspecified atom stereocenters. The van der Waals surface area contributed by atoms with E-state index in [0.717, 1.165) is 45.2 Å². The summed E-state index contributed by atoms with van der Waals surface area (Å²) < 4.78 is 13.6. The van der Waals surface area contributed by atoms with Crippen molar-refractivity contribution < 1.29 is 9.47 Å². The van der Waals surface area contributed by atoms with E-state index in [4.69, 9.17) is 9.47 Å². The van der Waals surface area contributed by atoms with Gasteiger partial charge in [0.25, 0.3) is 0 Å². The van der Waals surface area contributed by atoms with Crippen LogP contribution in [0.1, 0.15) is 6.92 Å². The van der Waals surface area contributed by atoms with Gasteiger partial charge in [-0.3, -0.25) is 4.68 Å². The number of thioether (sulfide) groups is 1. The van der Waals surface area contributed by atoms with Crippen LogP contribution >= 0.6 is 11.8 Å². The minimum Gasteiger partial charge on any atom is -0.492 e. The molecule has 2 aromatic carbocycles. The number of hydrogen-bond acceptors (Lipinski definition) is 8. The standard InChI is InChI=1S/C24H24N6O2S/c1-24(10-31-11-24)12-32-20-6-15(16-8-28-30(2)9-16)5-19-22(20)23(26-13-25-19)29-17-3-4-18-21(7-17)33-14-27-18/h3-9,13,27H,10-12,14H2,1-2H3,(H,25,26,29). The molecule has 1 fully saturated rings. The second kappa shape index (κ2) is 7.93. The minimum atomic E-state index is 0.0179. The van der Waals surface area contributed by atoms with E-state index >= 15 is 0 Å². The number of anilines is 3. The molecule has 0 spiro atoms. The smallest absolute Gasteiger partial charge is 0.145 e. The number of benzene rings is 2. The summed E-state index contributed by atoms with van der Waals surface area (Å²) in [5.74, 6) is 2.37. The molecule has 2 aromatic heterocycles. The van der Waals surface area contributed by atoms with E-state index in [2.05, 4.69) is 63.0 Å². The van der Waals surface area contributed by atoms with Crippen LogP contribution in [0.15, 0.2) is 53.9 Å². The second-order valence-corrected chi connectivity index (χ2v) is 9.90.